The summed E-state index contributed by atoms with van der Waals surface area (Å²) >= 11 is 1.40. The quantitative estimate of drug-likeness (QED) is 0.900. The van der Waals surface area contributed by atoms with Crippen LogP contribution in [0.1, 0.15) is 34.8 Å². The van der Waals surface area contributed by atoms with E-state index in [-0.39, 0.29) is 24.4 Å². The molecule has 1 N–H and O–H groups in total. The van der Waals surface area contributed by atoms with Crippen LogP contribution in [0, 0.1) is 19.7 Å². The number of aromatic nitrogens is 1. The Labute approximate surface area is 144 Å². The second kappa shape index (κ2) is 7.53. The Morgan fingerprint density at radius 2 is 1.88 bits per heavy atom. The summed E-state index contributed by atoms with van der Waals surface area (Å²) in [6.45, 7) is 7.37. The van der Waals surface area contributed by atoms with Gasteiger partial charge in [-0.25, -0.2) is 9.37 Å². The minimum atomic E-state index is -0.408. The lowest BCUT2D eigenvalue weighted by Crippen LogP contribution is -2.42. The molecule has 0 aliphatic carbocycles. The topological polar surface area (TPSA) is 62.3 Å². The number of hydrogen-bond acceptors (Lipinski definition) is 4. The Hall–Kier alpha value is -2.28. The number of carbonyl (C=O) groups excluding carboxylic acids is 2. The highest BCUT2D eigenvalue weighted by atomic mass is 32.1. The van der Waals surface area contributed by atoms with Crippen LogP contribution in [0.2, 0.25) is 0 Å². The molecule has 5 nitrogen and oxygen atoms in total. The van der Waals surface area contributed by atoms with Gasteiger partial charge in [-0.3, -0.25) is 9.59 Å². The number of halogens is 1. The lowest BCUT2D eigenvalue weighted by Gasteiger charge is -2.26. The zero-order valence-corrected chi connectivity index (χ0v) is 14.9. The third kappa shape index (κ3) is 4.38. The molecule has 0 aliphatic heterocycles. The number of hydrogen-bond donors (Lipinski definition) is 1. The molecule has 1 heterocycles. The van der Waals surface area contributed by atoms with Crippen molar-refractivity contribution in [1.82, 2.24) is 9.88 Å². The number of anilines is 1. The van der Waals surface area contributed by atoms with Gasteiger partial charge in [0.25, 0.3) is 5.91 Å². The van der Waals surface area contributed by atoms with Crippen molar-refractivity contribution in [2.45, 2.75) is 33.7 Å². The number of nitrogens with zero attached hydrogens (tertiary/aromatic N) is 2. The van der Waals surface area contributed by atoms with Crippen molar-refractivity contribution in [1.29, 1.82) is 0 Å². The van der Waals surface area contributed by atoms with Crippen molar-refractivity contribution in [3.05, 3.63) is 46.2 Å². The second-order valence-corrected chi connectivity index (χ2v) is 6.95. The molecule has 1 aromatic carbocycles. The van der Waals surface area contributed by atoms with Gasteiger partial charge in [0.15, 0.2) is 5.13 Å². The van der Waals surface area contributed by atoms with E-state index in [1.807, 2.05) is 27.7 Å². The maximum atomic E-state index is 13.0. The molecule has 0 atom stereocenters. The van der Waals surface area contributed by atoms with Gasteiger partial charge in [0.05, 0.1) is 5.69 Å². The van der Waals surface area contributed by atoms with E-state index >= 15 is 0 Å². The number of thiazole rings is 1. The first-order valence-electron chi connectivity index (χ1n) is 7.58. The Kier molecular flexibility index (Phi) is 5.66. The first-order valence-corrected chi connectivity index (χ1v) is 8.40. The highest BCUT2D eigenvalue weighted by Gasteiger charge is 2.22. The summed E-state index contributed by atoms with van der Waals surface area (Å²) in [6, 6.07) is 5.12. The summed E-state index contributed by atoms with van der Waals surface area (Å²) in [4.78, 5) is 31.5. The van der Waals surface area contributed by atoms with Gasteiger partial charge in [0.1, 0.15) is 12.4 Å². The average Bonchev–Trinajstić information content (AvgIpc) is 2.82. The first-order chi connectivity index (χ1) is 11.3. The van der Waals surface area contributed by atoms with Crippen molar-refractivity contribution in [2.75, 3.05) is 11.9 Å². The van der Waals surface area contributed by atoms with Crippen molar-refractivity contribution in [2.24, 2.45) is 0 Å². The molecule has 0 aliphatic rings. The van der Waals surface area contributed by atoms with Crippen LogP contribution in [0.3, 0.4) is 0 Å². The summed E-state index contributed by atoms with van der Waals surface area (Å²) in [6.07, 6.45) is 0. The number of benzene rings is 1. The van der Waals surface area contributed by atoms with E-state index in [4.69, 9.17) is 0 Å². The molecule has 0 saturated heterocycles. The first kappa shape index (κ1) is 18.1. The zero-order chi connectivity index (χ0) is 17.9. The fourth-order valence-corrected chi connectivity index (χ4v) is 2.92. The predicted octanol–water partition coefficient (Wildman–Crippen LogP) is 3.39. The maximum absolute atomic E-state index is 13.0. The van der Waals surface area contributed by atoms with E-state index in [1.54, 1.807) is 0 Å². The summed E-state index contributed by atoms with van der Waals surface area (Å²) in [5.74, 6) is -1.03. The lowest BCUT2D eigenvalue weighted by atomic mass is 10.1. The van der Waals surface area contributed by atoms with Crippen molar-refractivity contribution >= 4 is 28.3 Å². The number of amides is 2. The van der Waals surface area contributed by atoms with Gasteiger partial charge in [-0.15, -0.1) is 11.3 Å². The Bertz CT molecular complexity index is 721. The molecule has 1 aromatic heterocycles. The van der Waals surface area contributed by atoms with Gasteiger partial charge in [-0.1, -0.05) is 0 Å². The molecule has 0 radical (unpaired) electrons. The molecule has 2 amide bonds. The summed E-state index contributed by atoms with van der Waals surface area (Å²) in [7, 11) is 0. The molecule has 2 aromatic rings. The summed E-state index contributed by atoms with van der Waals surface area (Å²) < 4.78 is 13.0. The molecule has 7 heteroatoms. The lowest BCUT2D eigenvalue weighted by molar-refractivity contribution is -0.117. The third-order valence-electron chi connectivity index (χ3n) is 3.56. The van der Waals surface area contributed by atoms with Gasteiger partial charge in [0.2, 0.25) is 5.91 Å². The molecule has 24 heavy (non-hydrogen) atoms. The fraction of sp³-hybridized carbons (Fsp3) is 0.353. The molecule has 0 bridgehead atoms. The van der Waals surface area contributed by atoms with E-state index in [0.717, 1.165) is 10.6 Å². The number of rotatable bonds is 5. The summed E-state index contributed by atoms with van der Waals surface area (Å²) in [5.41, 5.74) is 1.22. The number of carbonyl (C=O) groups is 2. The Morgan fingerprint density at radius 1 is 1.25 bits per heavy atom. The van der Waals surface area contributed by atoms with Crippen LogP contribution in [-0.4, -0.2) is 34.3 Å². The van der Waals surface area contributed by atoms with Crippen molar-refractivity contribution in [3.8, 4) is 0 Å². The van der Waals surface area contributed by atoms with E-state index in [9.17, 15) is 14.0 Å². The molecule has 0 unspecified atom stereocenters. The third-order valence-corrected chi connectivity index (χ3v) is 4.55. The van der Waals surface area contributed by atoms with Crippen LogP contribution in [-0.2, 0) is 4.79 Å². The van der Waals surface area contributed by atoms with Gasteiger partial charge < -0.3 is 10.2 Å². The molecule has 0 saturated carbocycles. The molecule has 128 valence electrons. The number of nitrogens with one attached hydrogen (secondary N) is 1. The predicted molar refractivity (Wildman–Crippen MR) is 92.8 cm³/mol. The molecule has 2 rings (SSSR count). The minimum absolute atomic E-state index is 0.0917. The summed E-state index contributed by atoms with van der Waals surface area (Å²) in [5, 5.41) is 3.24. The van der Waals surface area contributed by atoms with Crippen molar-refractivity contribution in [3.63, 3.8) is 0 Å². The van der Waals surface area contributed by atoms with Gasteiger partial charge >= 0.3 is 0 Å². The smallest absolute Gasteiger partial charge is 0.254 e. The van der Waals surface area contributed by atoms with Crippen molar-refractivity contribution < 1.29 is 14.0 Å². The zero-order valence-electron chi connectivity index (χ0n) is 14.1. The highest BCUT2D eigenvalue weighted by molar-refractivity contribution is 7.15. The Balaban J connectivity index is 2.08. The monoisotopic (exact) mass is 349 g/mol. The molecular formula is C17H20FN3O2S. The van der Waals surface area contributed by atoms with Crippen LogP contribution in [0.4, 0.5) is 9.52 Å². The molecular weight excluding hydrogens is 329 g/mol. The highest BCUT2D eigenvalue weighted by Crippen LogP contribution is 2.21. The van der Waals surface area contributed by atoms with Crippen LogP contribution in [0.15, 0.2) is 24.3 Å². The average molecular weight is 349 g/mol. The van der Waals surface area contributed by atoms with Crippen LogP contribution >= 0.6 is 11.3 Å². The maximum Gasteiger partial charge on any atom is 0.254 e. The molecule has 0 spiro atoms. The van der Waals surface area contributed by atoms with Gasteiger partial charge in [-0.2, -0.15) is 0 Å². The standard InChI is InChI=1S/C17H20FN3O2S/c1-10(2)21(16(23)13-5-7-14(18)8-6-13)9-15(22)20-17-19-11(3)12(4)24-17/h5-8,10H,9H2,1-4H3,(H,19,20,22). The SMILES string of the molecule is Cc1nc(NC(=O)CN(C(=O)c2ccc(F)cc2)C(C)C)sc1C. The Morgan fingerprint density at radius 3 is 2.38 bits per heavy atom. The minimum Gasteiger partial charge on any atom is -0.327 e. The normalized spacial score (nSPS) is 10.8. The van der Waals surface area contributed by atoms with E-state index in [1.165, 1.54) is 40.5 Å². The number of aryl methyl sites for hydroxylation is 2. The second-order valence-electron chi connectivity index (χ2n) is 5.74. The van der Waals surface area contributed by atoms with Gasteiger partial charge in [0, 0.05) is 16.5 Å². The van der Waals surface area contributed by atoms with E-state index in [2.05, 4.69) is 10.3 Å². The van der Waals surface area contributed by atoms with Crippen LogP contribution in [0.5, 0.6) is 0 Å². The van der Waals surface area contributed by atoms with Crippen LogP contribution < -0.4 is 5.32 Å². The van der Waals surface area contributed by atoms with E-state index in [0.29, 0.717) is 10.7 Å². The van der Waals surface area contributed by atoms with Gasteiger partial charge in [-0.05, 0) is 52.0 Å². The largest absolute Gasteiger partial charge is 0.327 e. The van der Waals surface area contributed by atoms with E-state index < -0.39 is 5.82 Å². The fourth-order valence-electron chi connectivity index (χ4n) is 2.09. The van der Waals surface area contributed by atoms with Crippen LogP contribution in [0.25, 0.3) is 0 Å². The molecule has 0 fully saturated rings.